The van der Waals surface area contributed by atoms with Gasteiger partial charge in [-0.2, -0.15) is 0 Å². The molecular formula is C18H21NO3. The molecule has 0 unspecified atom stereocenters. The van der Waals surface area contributed by atoms with Crippen LogP contribution in [0, 0.1) is 6.92 Å². The molecule has 2 aromatic rings. The maximum atomic E-state index is 11.6. The molecule has 0 N–H and O–H groups in total. The minimum Gasteiger partial charge on any atom is -0.463 e. The first-order chi connectivity index (χ1) is 10.6. The Kier molecular flexibility index (Phi) is 4.03. The Hall–Kier alpha value is -2.07. The van der Waals surface area contributed by atoms with Crippen LogP contribution in [0.5, 0.6) is 0 Å². The first-order valence-electron chi connectivity index (χ1n) is 7.56. The molecule has 116 valence electrons. The molecule has 0 fully saturated rings. The molecule has 4 nitrogen and oxygen atoms in total. The molecule has 1 atom stereocenters. The van der Waals surface area contributed by atoms with Crippen LogP contribution in [-0.2, 0) is 17.7 Å². The normalized spacial score (nSPS) is 16.8. The average molecular weight is 299 g/mol. The predicted molar refractivity (Wildman–Crippen MR) is 83.8 cm³/mol. The summed E-state index contributed by atoms with van der Waals surface area (Å²) in [5.41, 5.74) is 3.66. The number of fused-ring (bicyclic) bond motifs is 1. The van der Waals surface area contributed by atoms with Crippen molar-refractivity contribution < 1.29 is 13.9 Å². The second-order valence-electron chi connectivity index (χ2n) is 5.88. The average Bonchev–Trinajstić information content (AvgIpc) is 3.10. The van der Waals surface area contributed by atoms with Crippen molar-refractivity contribution in [3.63, 3.8) is 0 Å². The van der Waals surface area contributed by atoms with E-state index in [1.807, 2.05) is 13.0 Å². The Labute approximate surface area is 130 Å². The van der Waals surface area contributed by atoms with Gasteiger partial charge in [-0.05, 0) is 44.0 Å². The zero-order valence-corrected chi connectivity index (χ0v) is 13.3. The summed E-state index contributed by atoms with van der Waals surface area (Å²) in [7, 11) is 3.47. The lowest BCUT2D eigenvalue weighted by atomic mass is 10.1. The van der Waals surface area contributed by atoms with Crippen molar-refractivity contribution in [1.29, 1.82) is 0 Å². The number of hydrogen-bond acceptors (Lipinski definition) is 4. The SMILES string of the molecule is COC(=O)c1oc(CN(C)[C@H]2CCc3ccccc32)cc1C. The van der Waals surface area contributed by atoms with Crippen LogP contribution in [0.2, 0.25) is 0 Å². The fraction of sp³-hybridized carbons (Fsp3) is 0.389. The molecule has 22 heavy (non-hydrogen) atoms. The number of benzene rings is 1. The van der Waals surface area contributed by atoms with E-state index >= 15 is 0 Å². The number of carbonyl (C=O) groups excluding carboxylic acids is 1. The van der Waals surface area contributed by atoms with Crippen molar-refractivity contribution in [3.8, 4) is 0 Å². The monoisotopic (exact) mass is 299 g/mol. The van der Waals surface area contributed by atoms with E-state index in [4.69, 9.17) is 9.15 Å². The van der Waals surface area contributed by atoms with Crippen molar-refractivity contribution in [2.45, 2.75) is 32.4 Å². The molecule has 1 heterocycles. The Morgan fingerprint density at radius 1 is 1.41 bits per heavy atom. The first-order valence-corrected chi connectivity index (χ1v) is 7.56. The van der Waals surface area contributed by atoms with Crippen LogP contribution in [-0.4, -0.2) is 25.0 Å². The number of furan rings is 1. The summed E-state index contributed by atoms with van der Waals surface area (Å²) in [5.74, 6) is 0.681. The third kappa shape index (κ3) is 2.66. The van der Waals surface area contributed by atoms with E-state index in [1.54, 1.807) is 0 Å². The molecule has 1 aliphatic rings. The van der Waals surface area contributed by atoms with Gasteiger partial charge in [0.05, 0.1) is 13.7 Å². The highest BCUT2D eigenvalue weighted by Crippen LogP contribution is 2.35. The number of hydrogen-bond donors (Lipinski definition) is 0. The Bertz CT molecular complexity index is 689. The van der Waals surface area contributed by atoms with Crippen molar-refractivity contribution in [2.75, 3.05) is 14.2 Å². The fourth-order valence-electron chi connectivity index (χ4n) is 3.27. The summed E-state index contributed by atoms with van der Waals surface area (Å²) < 4.78 is 10.4. The smallest absolute Gasteiger partial charge is 0.374 e. The maximum Gasteiger partial charge on any atom is 0.374 e. The summed E-state index contributed by atoms with van der Waals surface area (Å²) in [5, 5.41) is 0. The zero-order chi connectivity index (χ0) is 15.7. The highest BCUT2D eigenvalue weighted by Gasteiger charge is 2.26. The van der Waals surface area contributed by atoms with Crippen molar-refractivity contribution >= 4 is 5.97 Å². The van der Waals surface area contributed by atoms with Crippen molar-refractivity contribution in [3.05, 3.63) is 58.5 Å². The first kappa shape index (κ1) is 14.9. The van der Waals surface area contributed by atoms with Crippen molar-refractivity contribution in [1.82, 2.24) is 4.90 Å². The van der Waals surface area contributed by atoms with Gasteiger partial charge in [0.2, 0.25) is 5.76 Å². The molecule has 0 aliphatic heterocycles. The Morgan fingerprint density at radius 3 is 2.95 bits per heavy atom. The zero-order valence-electron chi connectivity index (χ0n) is 13.3. The molecule has 0 saturated heterocycles. The number of methoxy groups -OCH3 is 1. The van der Waals surface area contributed by atoms with Crippen LogP contribution < -0.4 is 0 Å². The van der Waals surface area contributed by atoms with Crippen LogP contribution in [0.1, 0.15) is 45.5 Å². The van der Waals surface area contributed by atoms with Gasteiger partial charge in [-0.3, -0.25) is 4.90 Å². The number of nitrogens with zero attached hydrogens (tertiary/aromatic N) is 1. The van der Waals surface area contributed by atoms with Gasteiger partial charge in [0.15, 0.2) is 0 Å². The molecule has 0 spiro atoms. The van der Waals surface area contributed by atoms with E-state index in [9.17, 15) is 4.79 Å². The van der Waals surface area contributed by atoms with Gasteiger partial charge in [0, 0.05) is 11.6 Å². The lowest BCUT2D eigenvalue weighted by Crippen LogP contribution is -2.22. The third-order valence-electron chi connectivity index (χ3n) is 4.38. The van der Waals surface area contributed by atoms with Gasteiger partial charge in [-0.25, -0.2) is 4.79 Å². The molecule has 0 amide bonds. The van der Waals surface area contributed by atoms with Gasteiger partial charge in [0.1, 0.15) is 5.76 Å². The molecule has 0 radical (unpaired) electrons. The highest BCUT2D eigenvalue weighted by molar-refractivity contribution is 5.87. The largest absolute Gasteiger partial charge is 0.463 e. The second-order valence-corrected chi connectivity index (χ2v) is 5.88. The molecule has 1 aromatic heterocycles. The molecule has 0 bridgehead atoms. The summed E-state index contributed by atoms with van der Waals surface area (Å²) in [6.45, 7) is 2.54. The molecule has 4 heteroatoms. The molecule has 1 aromatic carbocycles. The van der Waals surface area contributed by atoms with Gasteiger partial charge in [-0.15, -0.1) is 0 Å². The fourth-order valence-corrected chi connectivity index (χ4v) is 3.27. The molecule has 1 aliphatic carbocycles. The lowest BCUT2D eigenvalue weighted by Gasteiger charge is -2.24. The van der Waals surface area contributed by atoms with Crippen LogP contribution >= 0.6 is 0 Å². The van der Waals surface area contributed by atoms with Crippen LogP contribution in [0.3, 0.4) is 0 Å². The number of rotatable bonds is 4. The molecule has 0 saturated carbocycles. The maximum absolute atomic E-state index is 11.6. The van der Waals surface area contributed by atoms with Gasteiger partial charge < -0.3 is 9.15 Å². The van der Waals surface area contributed by atoms with Gasteiger partial charge in [0.25, 0.3) is 0 Å². The van der Waals surface area contributed by atoms with E-state index in [0.717, 1.165) is 24.2 Å². The Balaban J connectivity index is 1.76. The highest BCUT2D eigenvalue weighted by atomic mass is 16.5. The Morgan fingerprint density at radius 2 is 2.18 bits per heavy atom. The van der Waals surface area contributed by atoms with Crippen LogP contribution in [0.25, 0.3) is 0 Å². The number of esters is 1. The van der Waals surface area contributed by atoms with Crippen LogP contribution in [0.15, 0.2) is 34.7 Å². The standard InChI is InChI=1S/C18H21NO3/c1-12-10-14(22-17(12)18(20)21-3)11-19(2)16-9-8-13-6-4-5-7-15(13)16/h4-7,10,16H,8-9,11H2,1-3H3/t16-/m0/s1. The predicted octanol–water partition coefficient (Wildman–Crippen LogP) is 3.49. The summed E-state index contributed by atoms with van der Waals surface area (Å²) >= 11 is 0. The number of ether oxygens (including phenoxy) is 1. The van der Waals surface area contributed by atoms with Gasteiger partial charge in [-0.1, -0.05) is 24.3 Å². The third-order valence-corrected chi connectivity index (χ3v) is 4.38. The summed E-state index contributed by atoms with van der Waals surface area (Å²) in [6.07, 6.45) is 2.25. The minimum absolute atomic E-state index is 0.303. The van der Waals surface area contributed by atoms with E-state index in [-0.39, 0.29) is 0 Å². The summed E-state index contributed by atoms with van der Waals surface area (Å²) in [4.78, 5) is 13.9. The van der Waals surface area contributed by atoms with E-state index in [1.165, 1.54) is 18.2 Å². The van der Waals surface area contributed by atoms with Gasteiger partial charge >= 0.3 is 5.97 Å². The minimum atomic E-state index is -0.419. The van der Waals surface area contributed by atoms with E-state index in [2.05, 4.69) is 36.2 Å². The number of aryl methyl sites for hydroxylation is 2. The second kappa shape index (κ2) is 5.97. The summed E-state index contributed by atoms with van der Waals surface area (Å²) in [6, 6.07) is 10.9. The van der Waals surface area contributed by atoms with Crippen molar-refractivity contribution in [2.24, 2.45) is 0 Å². The molecular weight excluding hydrogens is 278 g/mol. The molecule has 3 rings (SSSR count). The number of carbonyl (C=O) groups is 1. The van der Waals surface area contributed by atoms with Crippen LogP contribution in [0.4, 0.5) is 0 Å². The van der Waals surface area contributed by atoms with E-state index < -0.39 is 5.97 Å². The topological polar surface area (TPSA) is 42.7 Å². The van der Waals surface area contributed by atoms with E-state index in [0.29, 0.717) is 18.3 Å². The quantitative estimate of drug-likeness (QED) is 0.810. The lowest BCUT2D eigenvalue weighted by molar-refractivity contribution is 0.0559.